The third kappa shape index (κ3) is 4.00. The smallest absolute Gasteiger partial charge is 0.251 e. The van der Waals surface area contributed by atoms with E-state index in [1.165, 1.54) is 10.9 Å². The lowest BCUT2D eigenvalue weighted by Gasteiger charge is -2.35. The number of amides is 2. The van der Waals surface area contributed by atoms with Gasteiger partial charge in [0.1, 0.15) is 6.10 Å². The standard InChI is InChI=1S/C21H27N3O3/c25-20(9-3-5-16-15-22-18-7-2-1-6-17(16)18)23-10-12-24(13-11-23)21(26)19-8-4-14-27-19/h1-2,6-7,15,19,22H,3-5,8-14H2. The minimum absolute atomic E-state index is 0.0962. The average molecular weight is 369 g/mol. The van der Waals surface area contributed by atoms with Gasteiger partial charge in [-0.3, -0.25) is 9.59 Å². The number of aryl methyl sites for hydroxylation is 1. The summed E-state index contributed by atoms with van der Waals surface area (Å²) in [6, 6.07) is 8.26. The molecule has 3 heterocycles. The second kappa shape index (κ2) is 8.13. The number of para-hydroxylation sites is 1. The van der Waals surface area contributed by atoms with Crippen molar-refractivity contribution in [3.05, 3.63) is 36.0 Å². The predicted octanol–water partition coefficient (Wildman–Crippen LogP) is 2.34. The third-order valence-corrected chi connectivity index (χ3v) is 5.66. The number of H-pyrrole nitrogens is 1. The Bertz CT molecular complexity index is 802. The van der Waals surface area contributed by atoms with Crippen molar-refractivity contribution >= 4 is 22.7 Å². The van der Waals surface area contributed by atoms with E-state index in [1.807, 2.05) is 28.1 Å². The zero-order valence-corrected chi connectivity index (χ0v) is 15.7. The molecule has 2 fully saturated rings. The molecule has 0 aliphatic carbocycles. The highest BCUT2D eigenvalue weighted by Crippen LogP contribution is 2.20. The minimum Gasteiger partial charge on any atom is -0.368 e. The first-order chi connectivity index (χ1) is 13.2. The molecule has 1 aromatic carbocycles. The second-order valence-electron chi connectivity index (χ2n) is 7.42. The molecule has 0 spiro atoms. The number of carbonyl (C=O) groups is 2. The Hall–Kier alpha value is -2.34. The van der Waals surface area contributed by atoms with E-state index in [0.717, 1.165) is 31.2 Å². The quantitative estimate of drug-likeness (QED) is 0.880. The van der Waals surface area contributed by atoms with Gasteiger partial charge >= 0.3 is 0 Å². The summed E-state index contributed by atoms with van der Waals surface area (Å²) in [5.41, 5.74) is 2.41. The number of carbonyl (C=O) groups excluding carboxylic acids is 2. The van der Waals surface area contributed by atoms with Crippen LogP contribution in [0, 0.1) is 0 Å². The Morgan fingerprint density at radius 3 is 2.67 bits per heavy atom. The van der Waals surface area contributed by atoms with E-state index in [0.29, 0.717) is 39.2 Å². The predicted molar refractivity (Wildman–Crippen MR) is 103 cm³/mol. The van der Waals surface area contributed by atoms with Gasteiger partial charge in [0.2, 0.25) is 5.91 Å². The molecular formula is C21H27N3O3. The first-order valence-corrected chi connectivity index (χ1v) is 9.95. The van der Waals surface area contributed by atoms with Crippen LogP contribution in [0.1, 0.15) is 31.2 Å². The molecule has 6 nitrogen and oxygen atoms in total. The van der Waals surface area contributed by atoms with Gasteiger partial charge in [0.05, 0.1) is 0 Å². The lowest BCUT2D eigenvalue weighted by Crippen LogP contribution is -2.52. The molecule has 2 aromatic rings. The summed E-state index contributed by atoms with van der Waals surface area (Å²) >= 11 is 0. The third-order valence-electron chi connectivity index (χ3n) is 5.66. The van der Waals surface area contributed by atoms with Crippen molar-refractivity contribution in [2.45, 2.75) is 38.2 Å². The zero-order chi connectivity index (χ0) is 18.6. The molecule has 1 atom stereocenters. The van der Waals surface area contributed by atoms with E-state index < -0.39 is 0 Å². The Balaban J connectivity index is 1.22. The summed E-state index contributed by atoms with van der Waals surface area (Å²) in [6.45, 7) is 3.18. The van der Waals surface area contributed by atoms with Crippen LogP contribution >= 0.6 is 0 Å². The Morgan fingerprint density at radius 1 is 1.11 bits per heavy atom. The molecule has 1 aromatic heterocycles. The lowest BCUT2D eigenvalue weighted by atomic mass is 10.1. The molecule has 2 saturated heterocycles. The molecule has 4 rings (SSSR count). The van der Waals surface area contributed by atoms with Crippen LogP contribution in [0.4, 0.5) is 0 Å². The van der Waals surface area contributed by atoms with Crippen molar-refractivity contribution in [1.29, 1.82) is 0 Å². The van der Waals surface area contributed by atoms with Crippen molar-refractivity contribution in [3.8, 4) is 0 Å². The van der Waals surface area contributed by atoms with Crippen LogP contribution < -0.4 is 0 Å². The van der Waals surface area contributed by atoms with E-state index in [9.17, 15) is 9.59 Å². The first-order valence-electron chi connectivity index (χ1n) is 9.95. The first kappa shape index (κ1) is 18.0. The summed E-state index contributed by atoms with van der Waals surface area (Å²) in [4.78, 5) is 31.9. The number of hydrogen-bond acceptors (Lipinski definition) is 3. The molecule has 0 saturated carbocycles. The topological polar surface area (TPSA) is 65.6 Å². The van der Waals surface area contributed by atoms with E-state index in [-0.39, 0.29) is 17.9 Å². The van der Waals surface area contributed by atoms with E-state index >= 15 is 0 Å². The normalized spacial score (nSPS) is 20.4. The van der Waals surface area contributed by atoms with Crippen LogP contribution in [-0.4, -0.2) is 65.5 Å². The van der Waals surface area contributed by atoms with Gasteiger partial charge in [-0.2, -0.15) is 0 Å². The summed E-state index contributed by atoms with van der Waals surface area (Å²) < 4.78 is 5.49. The highest BCUT2D eigenvalue weighted by molar-refractivity contribution is 5.83. The second-order valence-corrected chi connectivity index (χ2v) is 7.42. The average Bonchev–Trinajstić information content (AvgIpc) is 3.38. The number of ether oxygens (including phenoxy) is 1. The molecular weight excluding hydrogens is 342 g/mol. The van der Waals surface area contributed by atoms with Gasteiger partial charge in [0.15, 0.2) is 0 Å². The van der Waals surface area contributed by atoms with Crippen molar-refractivity contribution < 1.29 is 14.3 Å². The van der Waals surface area contributed by atoms with Gasteiger partial charge in [-0.15, -0.1) is 0 Å². The highest BCUT2D eigenvalue weighted by atomic mass is 16.5. The zero-order valence-electron chi connectivity index (χ0n) is 15.7. The lowest BCUT2D eigenvalue weighted by molar-refractivity contribution is -0.146. The fourth-order valence-corrected chi connectivity index (χ4v) is 4.08. The SMILES string of the molecule is O=C(CCCc1c[nH]c2ccccc12)N1CCN(C(=O)C2CCCO2)CC1. The van der Waals surface area contributed by atoms with E-state index in [1.54, 1.807) is 0 Å². The molecule has 2 amide bonds. The summed E-state index contributed by atoms with van der Waals surface area (Å²) in [5.74, 6) is 0.290. The summed E-state index contributed by atoms with van der Waals surface area (Å²) in [6.07, 6.45) is 5.87. The van der Waals surface area contributed by atoms with Crippen molar-refractivity contribution in [3.63, 3.8) is 0 Å². The Kier molecular flexibility index (Phi) is 5.43. The molecule has 2 aliphatic rings. The summed E-state index contributed by atoms with van der Waals surface area (Å²) in [5, 5.41) is 1.24. The maximum atomic E-state index is 12.5. The molecule has 6 heteroatoms. The number of rotatable bonds is 5. The highest BCUT2D eigenvalue weighted by Gasteiger charge is 2.31. The molecule has 0 bridgehead atoms. The van der Waals surface area contributed by atoms with Gasteiger partial charge in [0.25, 0.3) is 5.91 Å². The van der Waals surface area contributed by atoms with Crippen LogP contribution in [0.5, 0.6) is 0 Å². The van der Waals surface area contributed by atoms with Crippen molar-refractivity contribution in [1.82, 2.24) is 14.8 Å². The van der Waals surface area contributed by atoms with Gasteiger partial charge in [-0.25, -0.2) is 0 Å². The van der Waals surface area contributed by atoms with Crippen molar-refractivity contribution in [2.24, 2.45) is 0 Å². The molecule has 2 aliphatic heterocycles. The Labute approximate surface area is 159 Å². The number of hydrogen-bond donors (Lipinski definition) is 1. The summed E-state index contributed by atoms with van der Waals surface area (Å²) in [7, 11) is 0. The van der Waals surface area contributed by atoms with Crippen LogP contribution in [-0.2, 0) is 20.7 Å². The number of aromatic nitrogens is 1. The molecule has 27 heavy (non-hydrogen) atoms. The minimum atomic E-state index is -0.261. The fourth-order valence-electron chi connectivity index (χ4n) is 4.08. The largest absolute Gasteiger partial charge is 0.368 e. The van der Waals surface area contributed by atoms with Crippen LogP contribution in [0.15, 0.2) is 30.5 Å². The monoisotopic (exact) mass is 369 g/mol. The van der Waals surface area contributed by atoms with Crippen molar-refractivity contribution in [2.75, 3.05) is 32.8 Å². The van der Waals surface area contributed by atoms with E-state index in [4.69, 9.17) is 4.74 Å². The fraction of sp³-hybridized carbons (Fsp3) is 0.524. The van der Waals surface area contributed by atoms with Gasteiger partial charge in [0, 0.05) is 56.3 Å². The molecule has 144 valence electrons. The number of nitrogens with one attached hydrogen (secondary N) is 1. The maximum absolute atomic E-state index is 12.5. The maximum Gasteiger partial charge on any atom is 0.251 e. The van der Waals surface area contributed by atoms with Crippen LogP contribution in [0.3, 0.4) is 0 Å². The number of benzene rings is 1. The van der Waals surface area contributed by atoms with Gasteiger partial charge in [-0.05, 0) is 37.3 Å². The van der Waals surface area contributed by atoms with E-state index in [2.05, 4.69) is 17.1 Å². The number of aromatic amines is 1. The molecule has 1 unspecified atom stereocenters. The van der Waals surface area contributed by atoms with Gasteiger partial charge in [-0.1, -0.05) is 18.2 Å². The number of nitrogens with zero attached hydrogens (tertiary/aromatic N) is 2. The molecule has 0 radical (unpaired) electrons. The molecule has 1 N–H and O–H groups in total. The van der Waals surface area contributed by atoms with Gasteiger partial charge < -0.3 is 19.5 Å². The Morgan fingerprint density at radius 2 is 1.89 bits per heavy atom. The number of piperazine rings is 1. The van der Waals surface area contributed by atoms with Crippen LogP contribution in [0.2, 0.25) is 0 Å². The van der Waals surface area contributed by atoms with Crippen LogP contribution in [0.25, 0.3) is 10.9 Å². The number of fused-ring (bicyclic) bond motifs is 1.